The Morgan fingerprint density at radius 1 is 0.812 bits per heavy atom. The number of Topliss-reactive ketones (excluding diaryl/α,β-unsaturated/α-hetero) is 1. The van der Waals surface area contributed by atoms with Gasteiger partial charge in [-0.3, -0.25) is 14.5 Å². The number of piperazine rings is 1. The molecule has 1 aliphatic heterocycles. The largest absolute Gasteiger partial charge is 0.340 e. The summed E-state index contributed by atoms with van der Waals surface area (Å²) in [6.45, 7) is 9.50. The van der Waals surface area contributed by atoms with Crippen molar-refractivity contribution >= 4 is 11.7 Å². The number of nitrogens with zero attached hydrogens (tertiary/aromatic N) is 2. The fourth-order valence-electron chi connectivity index (χ4n) is 6.70. The third-order valence-corrected chi connectivity index (χ3v) is 9.31. The first-order valence-electron chi connectivity index (χ1n) is 12.0. The maximum Gasteiger partial charge on any atom is 0.229 e. The lowest BCUT2D eigenvalue weighted by Crippen LogP contribution is -2.55. The fraction of sp³-hybridized carbons (Fsp3) is 0.500. The summed E-state index contributed by atoms with van der Waals surface area (Å²) < 4.78 is 0. The topological polar surface area (TPSA) is 40.6 Å². The van der Waals surface area contributed by atoms with Crippen LogP contribution in [-0.4, -0.2) is 47.7 Å². The number of benzene rings is 2. The highest BCUT2D eigenvalue weighted by Gasteiger charge is 2.73. The van der Waals surface area contributed by atoms with Crippen LogP contribution in [0.2, 0.25) is 0 Å². The van der Waals surface area contributed by atoms with Crippen LogP contribution in [-0.2, 0) is 9.59 Å². The average molecular weight is 431 g/mol. The third kappa shape index (κ3) is 2.92. The molecule has 32 heavy (non-hydrogen) atoms. The molecule has 1 saturated heterocycles. The van der Waals surface area contributed by atoms with Gasteiger partial charge in [0.1, 0.15) is 5.78 Å². The summed E-state index contributed by atoms with van der Waals surface area (Å²) in [5.41, 5.74) is 1.43. The van der Waals surface area contributed by atoms with Crippen LogP contribution < -0.4 is 0 Å². The van der Waals surface area contributed by atoms with Gasteiger partial charge in [0.15, 0.2) is 0 Å². The molecule has 0 radical (unpaired) electrons. The van der Waals surface area contributed by atoms with Crippen molar-refractivity contribution in [2.45, 2.75) is 46.1 Å². The lowest BCUT2D eigenvalue weighted by atomic mass is 9.64. The second-order valence-electron chi connectivity index (χ2n) is 10.7. The first-order valence-corrected chi connectivity index (χ1v) is 12.0. The average Bonchev–Trinajstić information content (AvgIpc) is 3.11. The van der Waals surface area contributed by atoms with Crippen LogP contribution in [0.1, 0.15) is 57.2 Å². The quantitative estimate of drug-likeness (QED) is 0.706. The first kappa shape index (κ1) is 21.4. The van der Waals surface area contributed by atoms with Crippen LogP contribution in [0.15, 0.2) is 60.7 Å². The predicted molar refractivity (Wildman–Crippen MR) is 126 cm³/mol. The van der Waals surface area contributed by atoms with Gasteiger partial charge in [-0.1, -0.05) is 81.4 Å². The molecule has 1 amide bonds. The van der Waals surface area contributed by atoms with Crippen molar-refractivity contribution in [1.82, 2.24) is 9.80 Å². The van der Waals surface area contributed by atoms with Gasteiger partial charge in [-0.2, -0.15) is 0 Å². The molecule has 4 nitrogen and oxygen atoms in total. The number of hydrogen-bond acceptors (Lipinski definition) is 3. The van der Waals surface area contributed by atoms with Crippen molar-refractivity contribution in [1.29, 1.82) is 0 Å². The number of carbonyl (C=O) groups excluding carboxylic acids is 2. The Bertz CT molecular complexity index is 971. The molecule has 4 heteroatoms. The van der Waals surface area contributed by atoms with Crippen LogP contribution in [0.5, 0.6) is 0 Å². The molecule has 168 valence electrons. The van der Waals surface area contributed by atoms with Crippen molar-refractivity contribution in [2.24, 2.45) is 16.2 Å². The van der Waals surface area contributed by atoms with Gasteiger partial charge in [0.05, 0.1) is 11.5 Å². The second-order valence-corrected chi connectivity index (χ2v) is 10.7. The van der Waals surface area contributed by atoms with Gasteiger partial charge in [-0.05, 0) is 29.4 Å². The zero-order chi connectivity index (χ0) is 22.6. The van der Waals surface area contributed by atoms with Gasteiger partial charge in [0.25, 0.3) is 0 Å². The molecule has 3 fully saturated rings. The number of rotatable bonds is 4. The van der Waals surface area contributed by atoms with E-state index in [9.17, 15) is 9.59 Å². The lowest BCUT2D eigenvalue weighted by Gasteiger charge is -2.45. The summed E-state index contributed by atoms with van der Waals surface area (Å²) in [5, 5.41) is 0. The summed E-state index contributed by atoms with van der Waals surface area (Å²) in [6.07, 6.45) is 2.11. The Morgan fingerprint density at radius 3 is 1.78 bits per heavy atom. The van der Waals surface area contributed by atoms with E-state index in [4.69, 9.17) is 0 Å². The summed E-state index contributed by atoms with van der Waals surface area (Å²) >= 11 is 0. The summed E-state index contributed by atoms with van der Waals surface area (Å²) in [5.74, 6) is 0.502. The van der Waals surface area contributed by atoms with Crippen molar-refractivity contribution in [3.63, 3.8) is 0 Å². The summed E-state index contributed by atoms with van der Waals surface area (Å²) in [6, 6.07) is 21.5. The fourth-order valence-corrected chi connectivity index (χ4v) is 6.70. The standard InChI is InChI=1S/C28H34N2O2/c1-26(2)27(3)14-15-28(26,20-23(27)31)25(32)30-18-16-29(17-19-30)24(21-10-6-4-7-11-21)22-12-8-5-9-13-22/h4-13,24H,14-20H2,1-3H3/t27-,28-/m1/s1. The van der Waals surface area contributed by atoms with E-state index >= 15 is 0 Å². The molecule has 0 N–H and O–H groups in total. The molecule has 2 aliphatic carbocycles. The minimum atomic E-state index is -0.515. The van der Waals surface area contributed by atoms with Crippen LogP contribution in [0, 0.1) is 16.2 Å². The second kappa shape index (κ2) is 7.55. The first-order chi connectivity index (χ1) is 15.3. The van der Waals surface area contributed by atoms with E-state index in [2.05, 4.69) is 91.2 Å². The van der Waals surface area contributed by atoms with Crippen LogP contribution in [0.4, 0.5) is 0 Å². The Morgan fingerprint density at radius 2 is 1.34 bits per heavy atom. The molecule has 1 heterocycles. The molecule has 5 rings (SSSR count). The van der Waals surface area contributed by atoms with Crippen molar-refractivity contribution in [2.75, 3.05) is 26.2 Å². The molecule has 2 atom stereocenters. The maximum atomic E-state index is 13.9. The zero-order valence-corrected chi connectivity index (χ0v) is 19.5. The molecule has 2 aromatic carbocycles. The van der Waals surface area contributed by atoms with Crippen molar-refractivity contribution < 1.29 is 9.59 Å². The Balaban J connectivity index is 1.36. The minimum Gasteiger partial charge on any atom is -0.340 e. The van der Waals surface area contributed by atoms with E-state index in [1.807, 2.05) is 0 Å². The van der Waals surface area contributed by atoms with E-state index in [0.717, 1.165) is 39.0 Å². The normalized spacial score (nSPS) is 29.6. The van der Waals surface area contributed by atoms with E-state index in [0.29, 0.717) is 6.42 Å². The number of ketones is 1. The molecule has 2 bridgehead atoms. The van der Waals surface area contributed by atoms with E-state index in [1.165, 1.54) is 11.1 Å². The number of carbonyl (C=O) groups is 2. The van der Waals surface area contributed by atoms with Gasteiger partial charge in [0.2, 0.25) is 5.91 Å². The van der Waals surface area contributed by atoms with Crippen LogP contribution in [0.25, 0.3) is 0 Å². The highest BCUT2D eigenvalue weighted by molar-refractivity contribution is 5.99. The Kier molecular flexibility index (Phi) is 5.05. The minimum absolute atomic E-state index is 0.187. The van der Waals surface area contributed by atoms with E-state index in [-0.39, 0.29) is 28.6 Å². The Labute approximate surface area is 191 Å². The van der Waals surface area contributed by atoms with Crippen LogP contribution >= 0.6 is 0 Å². The van der Waals surface area contributed by atoms with E-state index < -0.39 is 5.41 Å². The Hall–Kier alpha value is -2.46. The maximum absolute atomic E-state index is 13.9. The third-order valence-electron chi connectivity index (χ3n) is 9.31. The highest BCUT2D eigenvalue weighted by Crippen LogP contribution is 2.71. The van der Waals surface area contributed by atoms with Gasteiger partial charge < -0.3 is 4.90 Å². The summed E-state index contributed by atoms with van der Waals surface area (Å²) in [4.78, 5) is 31.2. The zero-order valence-electron chi connectivity index (χ0n) is 19.5. The van der Waals surface area contributed by atoms with E-state index in [1.54, 1.807) is 0 Å². The summed E-state index contributed by atoms with van der Waals surface area (Å²) in [7, 11) is 0. The molecule has 0 aromatic heterocycles. The number of amides is 1. The molecular formula is C28H34N2O2. The molecule has 0 unspecified atom stereocenters. The van der Waals surface area contributed by atoms with Crippen LogP contribution in [0.3, 0.4) is 0 Å². The SMILES string of the molecule is CC1(C)[C@]2(C(=O)N3CCN(C(c4ccccc4)c4ccccc4)CC3)CC[C@]1(C)C(=O)C2. The highest BCUT2D eigenvalue weighted by atomic mass is 16.2. The number of fused-ring (bicyclic) bond motifs is 2. The molecule has 2 saturated carbocycles. The molecular weight excluding hydrogens is 396 g/mol. The van der Waals surface area contributed by atoms with Gasteiger partial charge in [0, 0.05) is 38.0 Å². The van der Waals surface area contributed by atoms with Crippen molar-refractivity contribution in [3.8, 4) is 0 Å². The molecule has 2 aromatic rings. The number of hydrogen-bond donors (Lipinski definition) is 0. The van der Waals surface area contributed by atoms with Gasteiger partial charge in [-0.15, -0.1) is 0 Å². The lowest BCUT2D eigenvalue weighted by molar-refractivity contribution is -0.149. The molecule has 0 spiro atoms. The predicted octanol–water partition coefficient (Wildman–Crippen LogP) is 4.71. The van der Waals surface area contributed by atoms with Gasteiger partial charge >= 0.3 is 0 Å². The monoisotopic (exact) mass is 430 g/mol. The molecule has 3 aliphatic rings. The van der Waals surface area contributed by atoms with Gasteiger partial charge in [-0.25, -0.2) is 0 Å². The smallest absolute Gasteiger partial charge is 0.229 e. The van der Waals surface area contributed by atoms with Crippen molar-refractivity contribution in [3.05, 3.63) is 71.8 Å².